The number of carbonyl (C=O) groups excluding carboxylic acids is 1. The number of methoxy groups -OCH3 is 1. The van der Waals surface area contributed by atoms with Crippen LogP contribution >= 0.6 is 0 Å². The van der Waals surface area contributed by atoms with Gasteiger partial charge in [-0.1, -0.05) is 23.4 Å². The molecule has 0 aliphatic carbocycles. The molecule has 6 heteroatoms. The summed E-state index contributed by atoms with van der Waals surface area (Å²) >= 11 is 0. The minimum atomic E-state index is -0.424. The number of esters is 1. The van der Waals surface area contributed by atoms with Gasteiger partial charge in [-0.3, -0.25) is 4.79 Å². The summed E-state index contributed by atoms with van der Waals surface area (Å²) < 4.78 is 14.9. The molecule has 0 saturated carbocycles. The highest BCUT2D eigenvalue weighted by Gasteiger charge is 2.16. The van der Waals surface area contributed by atoms with E-state index in [1.165, 1.54) is 7.11 Å². The summed E-state index contributed by atoms with van der Waals surface area (Å²) in [6.07, 6.45) is 1.52. The van der Waals surface area contributed by atoms with Gasteiger partial charge in [0.25, 0.3) is 0 Å². The Labute approximate surface area is 108 Å². The third kappa shape index (κ3) is 2.08. The van der Waals surface area contributed by atoms with Gasteiger partial charge in [-0.25, -0.2) is 0 Å². The van der Waals surface area contributed by atoms with Crippen LogP contribution in [0.4, 0.5) is 0 Å². The zero-order valence-electron chi connectivity index (χ0n) is 10.1. The molecular weight excluding hydrogens is 248 g/mol. The van der Waals surface area contributed by atoms with Crippen molar-refractivity contribution in [2.75, 3.05) is 7.11 Å². The average molecular weight is 258 g/mol. The Morgan fingerprint density at radius 2 is 2.21 bits per heavy atom. The van der Waals surface area contributed by atoms with Gasteiger partial charge in [0.15, 0.2) is 0 Å². The summed E-state index contributed by atoms with van der Waals surface area (Å²) in [5, 5.41) is 4.74. The van der Waals surface area contributed by atoms with E-state index >= 15 is 0 Å². The van der Waals surface area contributed by atoms with Crippen molar-refractivity contribution in [1.82, 2.24) is 10.1 Å². The molecule has 2 aromatic heterocycles. The number of rotatable bonds is 3. The van der Waals surface area contributed by atoms with E-state index in [2.05, 4.69) is 14.9 Å². The fourth-order valence-corrected chi connectivity index (χ4v) is 1.78. The van der Waals surface area contributed by atoms with Crippen molar-refractivity contribution in [3.8, 4) is 11.4 Å². The van der Waals surface area contributed by atoms with Gasteiger partial charge in [-0.2, -0.15) is 4.98 Å². The van der Waals surface area contributed by atoms with Crippen molar-refractivity contribution >= 4 is 16.9 Å². The van der Waals surface area contributed by atoms with Crippen LogP contribution in [0.2, 0.25) is 0 Å². The Bertz CT molecular complexity index is 729. The van der Waals surface area contributed by atoms with Crippen LogP contribution in [-0.2, 0) is 16.0 Å². The monoisotopic (exact) mass is 258 g/mol. The van der Waals surface area contributed by atoms with Crippen molar-refractivity contribution in [2.45, 2.75) is 6.42 Å². The highest BCUT2D eigenvalue weighted by molar-refractivity contribution is 5.91. The Balaban J connectivity index is 1.96. The molecule has 3 rings (SSSR count). The van der Waals surface area contributed by atoms with Gasteiger partial charge in [-0.05, 0) is 6.07 Å². The number of furan rings is 1. The van der Waals surface area contributed by atoms with Crippen LogP contribution in [0.1, 0.15) is 5.89 Å². The lowest BCUT2D eigenvalue weighted by molar-refractivity contribution is -0.140. The highest BCUT2D eigenvalue weighted by atomic mass is 16.5. The number of nitrogens with zero attached hydrogens (tertiary/aromatic N) is 2. The Morgan fingerprint density at radius 3 is 3.05 bits per heavy atom. The molecule has 0 amide bonds. The van der Waals surface area contributed by atoms with Crippen LogP contribution in [-0.4, -0.2) is 23.2 Å². The second-order valence-corrected chi connectivity index (χ2v) is 3.91. The molecule has 0 atom stereocenters. The lowest BCUT2D eigenvalue weighted by Gasteiger charge is -1.91. The summed E-state index contributed by atoms with van der Waals surface area (Å²) in [7, 11) is 1.31. The van der Waals surface area contributed by atoms with Crippen LogP contribution < -0.4 is 0 Å². The van der Waals surface area contributed by atoms with Gasteiger partial charge in [0.2, 0.25) is 11.7 Å². The Hall–Kier alpha value is -2.63. The number of hydrogen-bond acceptors (Lipinski definition) is 6. The minimum absolute atomic E-state index is 0.0424. The zero-order valence-corrected chi connectivity index (χ0v) is 10.1. The fourth-order valence-electron chi connectivity index (χ4n) is 1.78. The van der Waals surface area contributed by atoms with E-state index in [0.29, 0.717) is 5.82 Å². The first kappa shape index (κ1) is 11.5. The van der Waals surface area contributed by atoms with Crippen LogP contribution in [0.15, 0.2) is 39.5 Å². The van der Waals surface area contributed by atoms with Crippen molar-refractivity contribution in [1.29, 1.82) is 0 Å². The standard InChI is InChI=1S/C13H10N2O4/c1-17-12(16)6-11-14-13(15-19-11)9-7-18-10-5-3-2-4-8(9)10/h2-5,7H,6H2,1H3. The Kier molecular flexibility index (Phi) is 2.75. The third-order valence-electron chi connectivity index (χ3n) is 2.71. The first-order chi connectivity index (χ1) is 9.28. The van der Waals surface area contributed by atoms with Crippen molar-refractivity contribution in [2.24, 2.45) is 0 Å². The maximum absolute atomic E-state index is 11.1. The summed E-state index contributed by atoms with van der Waals surface area (Å²) in [5.74, 6) is 0.184. The van der Waals surface area contributed by atoms with Gasteiger partial charge in [0.05, 0.1) is 12.7 Å². The minimum Gasteiger partial charge on any atom is -0.469 e. The molecule has 0 saturated heterocycles. The van der Waals surface area contributed by atoms with Crippen molar-refractivity contribution in [3.05, 3.63) is 36.4 Å². The molecule has 6 nitrogen and oxygen atoms in total. The van der Waals surface area contributed by atoms with Gasteiger partial charge in [0.1, 0.15) is 18.3 Å². The van der Waals surface area contributed by atoms with Crippen molar-refractivity contribution < 1.29 is 18.5 Å². The lowest BCUT2D eigenvalue weighted by atomic mass is 10.2. The topological polar surface area (TPSA) is 78.4 Å². The molecule has 0 fully saturated rings. The number of ether oxygens (including phenoxy) is 1. The van der Waals surface area contributed by atoms with Gasteiger partial charge in [-0.15, -0.1) is 0 Å². The molecule has 3 aromatic rings. The molecule has 0 bridgehead atoms. The van der Waals surface area contributed by atoms with Crippen LogP contribution in [0.5, 0.6) is 0 Å². The molecule has 1 aromatic carbocycles. The largest absolute Gasteiger partial charge is 0.469 e. The molecule has 0 unspecified atom stereocenters. The van der Waals surface area contributed by atoms with Gasteiger partial charge < -0.3 is 13.7 Å². The maximum Gasteiger partial charge on any atom is 0.315 e. The number of fused-ring (bicyclic) bond motifs is 1. The maximum atomic E-state index is 11.1. The molecule has 0 spiro atoms. The number of benzene rings is 1. The molecule has 0 radical (unpaired) electrons. The lowest BCUT2D eigenvalue weighted by Crippen LogP contribution is -2.04. The third-order valence-corrected chi connectivity index (χ3v) is 2.71. The van der Waals surface area contributed by atoms with E-state index in [1.807, 2.05) is 24.3 Å². The zero-order chi connectivity index (χ0) is 13.2. The molecular formula is C13H10N2O4. The summed E-state index contributed by atoms with van der Waals surface area (Å²) in [4.78, 5) is 15.3. The predicted octanol–water partition coefficient (Wildman–Crippen LogP) is 2.20. The number of para-hydroxylation sites is 1. The second kappa shape index (κ2) is 4.56. The van der Waals surface area contributed by atoms with E-state index in [0.717, 1.165) is 16.5 Å². The number of hydrogen-bond donors (Lipinski definition) is 0. The first-order valence-corrected chi connectivity index (χ1v) is 5.64. The molecule has 19 heavy (non-hydrogen) atoms. The summed E-state index contributed by atoms with van der Waals surface area (Å²) in [5.41, 5.74) is 1.48. The SMILES string of the molecule is COC(=O)Cc1nc(-c2coc3ccccc23)no1. The molecule has 2 heterocycles. The normalized spacial score (nSPS) is 10.8. The highest BCUT2D eigenvalue weighted by Crippen LogP contribution is 2.28. The molecule has 0 N–H and O–H groups in total. The van der Waals surface area contributed by atoms with E-state index in [4.69, 9.17) is 8.94 Å². The molecule has 96 valence electrons. The van der Waals surface area contributed by atoms with Crippen LogP contribution in [0, 0.1) is 0 Å². The second-order valence-electron chi connectivity index (χ2n) is 3.91. The van der Waals surface area contributed by atoms with Crippen LogP contribution in [0.3, 0.4) is 0 Å². The molecule has 0 aliphatic rings. The first-order valence-electron chi connectivity index (χ1n) is 5.64. The van der Waals surface area contributed by atoms with Gasteiger partial charge >= 0.3 is 5.97 Å². The predicted molar refractivity (Wildman–Crippen MR) is 65.2 cm³/mol. The van der Waals surface area contributed by atoms with E-state index in [9.17, 15) is 4.79 Å². The average Bonchev–Trinajstić information content (AvgIpc) is 3.04. The van der Waals surface area contributed by atoms with Gasteiger partial charge in [0, 0.05) is 5.39 Å². The summed E-state index contributed by atoms with van der Waals surface area (Å²) in [6.45, 7) is 0. The smallest absolute Gasteiger partial charge is 0.315 e. The Morgan fingerprint density at radius 1 is 1.37 bits per heavy atom. The fraction of sp³-hybridized carbons (Fsp3) is 0.154. The van der Waals surface area contributed by atoms with Crippen LogP contribution in [0.25, 0.3) is 22.4 Å². The van der Waals surface area contributed by atoms with E-state index in [-0.39, 0.29) is 12.3 Å². The number of carbonyl (C=O) groups is 1. The molecule has 0 aliphatic heterocycles. The van der Waals surface area contributed by atoms with E-state index < -0.39 is 5.97 Å². The van der Waals surface area contributed by atoms with Crippen molar-refractivity contribution in [3.63, 3.8) is 0 Å². The quantitative estimate of drug-likeness (QED) is 0.670. The number of aromatic nitrogens is 2. The van der Waals surface area contributed by atoms with E-state index in [1.54, 1.807) is 6.26 Å². The summed E-state index contributed by atoms with van der Waals surface area (Å²) in [6, 6.07) is 7.55.